The molecule has 9 aromatic rings. The third-order valence-corrected chi connectivity index (χ3v) is 9.68. The highest BCUT2D eigenvalue weighted by atomic mass is 15.0. The summed E-state index contributed by atoms with van der Waals surface area (Å²) < 4.78 is 2.36. The standard InChI is InChI=1S/C39H25N3/c1-39(2)31-12-6-5-11-26(31)28-19-23(16-18-32(28)39)24-20-29-27-17-15-22-9-3-4-10-25(22)36(27)42-37(29)30(21-24)35-38(42)41-34-14-8-7-13-33(34)40-35/h3-21H,1-2H3. The lowest BCUT2D eigenvalue weighted by Crippen LogP contribution is -2.14. The number of fused-ring (bicyclic) bond motifs is 12. The van der Waals surface area contributed by atoms with Crippen molar-refractivity contribution in [3.05, 3.63) is 126 Å². The second kappa shape index (κ2) is 7.51. The highest BCUT2D eigenvalue weighted by Crippen LogP contribution is 2.50. The van der Waals surface area contributed by atoms with E-state index in [0.717, 1.165) is 27.6 Å². The molecule has 196 valence electrons. The lowest BCUT2D eigenvalue weighted by molar-refractivity contribution is 0.660. The summed E-state index contributed by atoms with van der Waals surface area (Å²) in [6.45, 7) is 4.67. The third-order valence-electron chi connectivity index (χ3n) is 9.68. The zero-order valence-corrected chi connectivity index (χ0v) is 23.3. The van der Waals surface area contributed by atoms with Crippen LogP contribution in [0.3, 0.4) is 0 Å². The molecule has 10 rings (SSSR count). The normalized spacial score (nSPS) is 14.1. The molecule has 0 N–H and O–H groups in total. The van der Waals surface area contributed by atoms with Crippen molar-refractivity contribution in [1.29, 1.82) is 0 Å². The van der Waals surface area contributed by atoms with Crippen LogP contribution in [0.4, 0.5) is 0 Å². The SMILES string of the molecule is CC1(C)c2ccccc2-c2cc(-c3cc4c5ccc6ccccc6c5n5c6nc7ccccc7nc6c(c3)c45)ccc21. The Labute approximate surface area is 242 Å². The van der Waals surface area contributed by atoms with Gasteiger partial charge in [-0.25, -0.2) is 9.97 Å². The molecule has 0 spiro atoms. The van der Waals surface area contributed by atoms with Crippen molar-refractivity contribution in [3.8, 4) is 22.3 Å². The Morgan fingerprint density at radius 3 is 2.14 bits per heavy atom. The molecule has 0 fully saturated rings. The fourth-order valence-electron chi connectivity index (χ4n) is 7.69. The van der Waals surface area contributed by atoms with Gasteiger partial charge in [0.1, 0.15) is 5.52 Å². The highest BCUT2D eigenvalue weighted by molar-refractivity contribution is 6.27. The van der Waals surface area contributed by atoms with Crippen molar-refractivity contribution in [3.63, 3.8) is 0 Å². The summed E-state index contributed by atoms with van der Waals surface area (Å²) in [5.41, 5.74) is 14.0. The fourth-order valence-corrected chi connectivity index (χ4v) is 7.69. The molecule has 0 aliphatic heterocycles. The van der Waals surface area contributed by atoms with Crippen molar-refractivity contribution in [2.24, 2.45) is 0 Å². The minimum Gasteiger partial charge on any atom is -0.291 e. The minimum atomic E-state index is -0.00739. The van der Waals surface area contributed by atoms with E-state index in [0.29, 0.717) is 0 Å². The van der Waals surface area contributed by atoms with Gasteiger partial charge in [-0.3, -0.25) is 4.40 Å². The van der Waals surface area contributed by atoms with Crippen LogP contribution in [0.1, 0.15) is 25.0 Å². The lowest BCUT2D eigenvalue weighted by atomic mass is 9.82. The summed E-state index contributed by atoms with van der Waals surface area (Å²) in [6, 6.07) is 42.0. The van der Waals surface area contributed by atoms with Crippen molar-refractivity contribution >= 4 is 60.2 Å². The average Bonchev–Trinajstić information content (AvgIpc) is 3.62. The van der Waals surface area contributed by atoms with Crippen LogP contribution in [0.25, 0.3) is 82.4 Å². The molecule has 3 heterocycles. The van der Waals surface area contributed by atoms with Gasteiger partial charge < -0.3 is 0 Å². The molecule has 42 heavy (non-hydrogen) atoms. The second-order valence-electron chi connectivity index (χ2n) is 12.3. The molecule has 1 aliphatic rings. The smallest absolute Gasteiger partial charge is 0.165 e. The number of para-hydroxylation sites is 2. The molecule has 0 bridgehead atoms. The van der Waals surface area contributed by atoms with Gasteiger partial charge >= 0.3 is 0 Å². The van der Waals surface area contributed by atoms with E-state index in [2.05, 4.69) is 121 Å². The second-order valence-corrected chi connectivity index (χ2v) is 12.3. The maximum Gasteiger partial charge on any atom is 0.165 e. The van der Waals surface area contributed by atoms with Crippen LogP contribution >= 0.6 is 0 Å². The predicted molar refractivity (Wildman–Crippen MR) is 175 cm³/mol. The summed E-state index contributed by atoms with van der Waals surface area (Å²) in [5.74, 6) is 0. The molecule has 0 amide bonds. The van der Waals surface area contributed by atoms with Crippen molar-refractivity contribution in [1.82, 2.24) is 14.4 Å². The largest absolute Gasteiger partial charge is 0.291 e. The van der Waals surface area contributed by atoms with Crippen LogP contribution < -0.4 is 0 Å². The van der Waals surface area contributed by atoms with Gasteiger partial charge in [-0.1, -0.05) is 98.8 Å². The molecule has 0 atom stereocenters. The number of rotatable bonds is 1. The van der Waals surface area contributed by atoms with Gasteiger partial charge in [-0.15, -0.1) is 0 Å². The van der Waals surface area contributed by atoms with E-state index in [1.807, 2.05) is 12.1 Å². The van der Waals surface area contributed by atoms with E-state index in [1.54, 1.807) is 0 Å². The number of aromatic nitrogens is 3. The van der Waals surface area contributed by atoms with Crippen molar-refractivity contribution in [2.45, 2.75) is 19.3 Å². The lowest BCUT2D eigenvalue weighted by Gasteiger charge is -2.21. The first-order valence-corrected chi connectivity index (χ1v) is 14.6. The quantitative estimate of drug-likeness (QED) is 0.209. The molecule has 0 unspecified atom stereocenters. The van der Waals surface area contributed by atoms with Gasteiger partial charge in [0.25, 0.3) is 0 Å². The Bertz CT molecular complexity index is 2600. The van der Waals surface area contributed by atoms with Crippen LogP contribution in [0.2, 0.25) is 0 Å². The first kappa shape index (κ1) is 22.4. The number of hydrogen-bond donors (Lipinski definition) is 0. The van der Waals surface area contributed by atoms with E-state index >= 15 is 0 Å². The number of benzene rings is 6. The molecule has 0 radical (unpaired) electrons. The van der Waals surface area contributed by atoms with Crippen LogP contribution in [-0.4, -0.2) is 14.4 Å². The first-order chi connectivity index (χ1) is 20.6. The summed E-state index contributed by atoms with van der Waals surface area (Å²) in [7, 11) is 0. The summed E-state index contributed by atoms with van der Waals surface area (Å²) >= 11 is 0. The summed E-state index contributed by atoms with van der Waals surface area (Å²) in [4.78, 5) is 10.4. The van der Waals surface area contributed by atoms with Gasteiger partial charge in [0.05, 0.1) is 22.1 Å². The van der Waals surface area contributed by atoms with E-state index in [4.69, 9.17) is 9.97 Å². The highest BCUT2D eigenvalue weighted by Gasteiger charge is 2.35. The molecule has 3 nitrogen and oxygen atoms in total. The van der Waals surface area contributed by atoms with E-state index in [9.17, 15) is 0 Å². The van der Waals surface area contributed by atoms with Crippen LogP contribution in [-0.2, 0) is 5.41 Å². The minimum absolute atomic E-state index is 0.00739. The number of nitrogens with zero attached hydrogens (tertiary/aromatic N) is 3. The molecular weight excluding hydrogens is 510 g/mol. The molecule has 1 aliphatic carbocycles. The van der Waals surface area contributed by atoms with E-state index < -0.39 is 0 Å². The van der Waals surface area contributed by atoms with E-state index in [-0.39, 0.29) is 5.41 Å². The van der Waals surface area contributed by atoms with Gasteiger partial charge in [0.15, 0.2) is 5.65 Å². The van der Waals surface area contributed by atoms with Gasteiger partial charge in [0.2, 0.25) is 0 Å². The molecule has 3 heteroatoms. The molecule has 6 aromatic carbocycles. The Morgan fingerprint density at radius 2 is 1.24 bits per heavy atom. The maximum absolute atomic E-state index is 5.22. The number of hydrogen-bond acceptors (Lipinski definition) is 2. The molecule has 0 saturated carbocycles. The van der Waals surface area contributed by atoms with Gasteiger partial charge in [-0.05, 0) is 69.1 Å². The summed E-state index contributed by atoms with van der Waals surface area (Å²) in [6.07, 6.45) is 0. The monoisotopic (exact) mass is 535 g/mol. The first-order valence-electron chi connectivity index (χ1n) is 14.6. The Hall–Kier alpha value is -5.28. The topological polar surface area (TPSA) is 30.2 Å². The summed E-state index contributed by atoms with van der Waals surface area (Å²) in [5, 5.41) is 6.11. The zero-order valence-electron chi connectivity index (χ0n) is 23.3. The maximum atomic E-state index is 5.22. The molecule has 0 saturated heterocycles. The zero-order chi connectivity index (χ0) is 27.7. The fraction of sp³-hybridized carbons (Fsp3) is 0.0769. The molecular formula is C39H25N3. The Morgan fingerprint density at radius 1 is 0.524 bits per heavy atom. The van der Waals surface area contributed by atoms with Gasteiger partial charge in [0, 0.05) is 27.0 Å². The third kappa shape index (κ3) is 2.66. The van der Waals surface area contributed by atoms with Crippen molar-refractivity contribution < 1.29 is 0 Å². The van der Waals surface area contributed by atoms with Crippen LogP contribution in [0.15, 0.2) is 115 Å². The van der Waals surface area contributed by atoms with Crippen LogP contribution in [0.5, 0.6) is 0 Å². The average molecular weight is 536 g/mol. The van der Waals surface area contributed by atoms with E-state index in [1.165, 1.54) is 66.0 Å². The molecule has 3 aromatic heterocycles. The Balaban J connectivity index is 1.36. The Kier molecular flexibility index (Phi) is 4.01. The van der Waals surface area contributed by atoms with Crippen molar-refractivity contribution in [2.75, 3.05) is 0 Å². The van der Waals surface area contributed by atoms with Gasteiger partial charge in [-0.2, -0.15) is 0 Å². The van der Waals surface area contributed by atoms with Crippen LogP contribution in [0, 0.1) is 0 Å². The predicted octanol–water partition coefficient (Wildman–Crippen LogP) is 9.91.